The summed E-state index contributed by atoms with van der Waals surface area (Å²) in [6.07, 6.45) is 13.4. The van der Waals surface area contributed by atoms with E-state index in [-0.39, 0.29) is 18.0 Å². The van der Waals surface area contributed by atoms with Crippen molar-refractivity contribution in [1.29, 1.82) is 0 Å². The zero-order chi connectivity index (χ0) is 21.6. The monoisotopic (exact) mass is 427 g/mol. The Labute approximate surface area is 183 Å². The maximum absolute atomic E-state index is 11.1. The van der Waals surface area contributed by atoms with Crippen LogP contribution in [0.5, 0.6) is 0 Å². The molecule has 170 valence electrons. The van der Waals surface area contributed by atoms with Gasteiger partial charge in [0.25, 0.3) is 0 Å². The van der Waals surface area contributed by atoms with Crippen LogP contribution < -0.4 is 16.4 Å². The normalized spacial score (nSPS) is 23.8. The molecule has 0 aliphatic carbocycles. The SMILES string of the molecule is CCCCCCCCC(C)C(C)C.NC(=O)CCCC[C@@H]1SCC2NC(=O)NC21. The molecule has 6 heteroatoms. The zero-order valence-corrected chi connectivity index (χ0v) is 20.0. The summed E-state index contributed by atoms with van der Waals surface area (Å²) in [5.74, 6) is 2.55. The fourth-order valence-electron chi connectivity index (χ4n) is 3.87. The Morgan fingerprint density at radius 2 is 1.76 bits per heavy atom. The number of hydrogen-bond acceptors (Lipinski definition) is 3. The van der Waals surface area contributed by atoms with Crippen molar-refractivity contribution in [1.82, 2.24) is 10.6 Å². The minimum absolute atomic E-state index is 0.0440. The van der Waals surface area contributed by atoms with Crippen LogP contribution in [0.15, 0.2) is 0 Å². The summed E-state index contributed by atoms with van der Waals surface area (Å²) in [7, 11) is 0. The first-order valence-corrected chi connectivity index (χ1v) is 12.9. The summed E-state index contributed by atoms with van der Waals surface area (Å²) in [4.78, 5) is 21.7. The van der Waals surface area contributed by atoms with Crippen molar-refractivity contribution in [2.45, 2.75) is 116 Å². The molecule has 3 unspecified atom stereocenters. The van der Waals surface area contributed by atoms with E-state index in [0.29, 0.717) is 17.7 Å². The molecule has 2 rings (SSSR count). The van der Waals surface area contributed by atoms with E-state index in [9.17, 15) is 9.59 Å². The average molecular weight is 428 g/mol. The first-order chi connectivity index (χ1) is 13.8. The lowest BCUT2D eigenvalue weighted by molar-refractivity contribution is -0.118. The van der Waals surface area contributed by atoms with Gasteiger partial charge in [0, 0.05) is 17.4 Å². The van der Waals surface area contributed by atoms with E-state index >= 15 is 0 Å². The number of hydrogen-bond donors (Lipinski definition) is 3. The van der Waals surface area contributed by atoms with Crippen LogP contribution in [-0.2, 0) is 4.79 Å². The van der Waals surface area contributed by atoms with Gasteiger partial charge in [0.2, 0.25) is 5.91 Å². The van der Waals surface area contributed by atoms with Gasteiger partial charge in [-0.25, -0.2) is 4.79 Å². The van der Waals surface area contributed by atoms with Gasteiger partial charge < -0.3 is 16.4 Å². The second kappa shape index (κ2) is 15.0. The maximum atomic E-state index is 11.1. The number of amides is 3. The summed E-state index contributed by atoms with van der Waals surface area (Å²) < 4.78 is 0. The average Bonchev–Trinajstić information content (AvgIpc) is 3.21. The smallest absolute Gasteiger partial charge is 0.315 e. The van der Waals surface area contributed by atoms with Crippen LogP contribution in [0.2, 0.25) is 0 Å². The molecule has 0 bridgehead atoms. The van der Waals surface area contributed by atoms with Gasteiger partial charge >= 0.3 is 6.03 Å². The maximum Gasteiger partial charge on any atom is 0.315 e. The molecular weight excluding hydrogens is 382 g/mol. The van der Waals surface area contributed by atoms with E-state index < -0.39 is 0 Å². The van der Waals surface area contributed by atoms with Crippen molar-refractivity contribution in [3.63, 3.8) is 0 Å². The van der Waals surface area contributed by atoms with Crippen molar-refractivity contribution >= 4 is 23.7 Å². The molecule has 4 N–H and O–H groups in total. The van der Waals surface area contributed by atoms with Crippen LogP contribution >= 0.6 is 11.8 Å². The third-order valence-electron chi connectivity index (χ3n) is 6.25. The Morgan fingerprint density at radius 1 is 1.07 bits per heavy atom. The van der Waals surface area contributed by atoms with Crippen molar-refractivity contribution in [3.05, 3.63) is 0 Å². The third kappa shape index (κ3) is 11.2. The van der Waals surface area contributed by atoms with Crippen LogP contribution in [0.25, 0.3) is 0 Å². The van der Waals surface area contributed by atoms with Gasteiger partial charge in [-0.2, -0.15) is 11.8 Å². The first-order valence-electron chi connectivity index (χ1n) is 11.8. The molecule has 2 heterocycles. The number of nitrogens with two attached hydrogens (primary N) is 1. The van der Waals surface area contributed by atoms with Crippen LogP contribution in [-0.4, -0.2) is 35.0 Å². The molecular formula is C23H45N3O2S. The Hall–Kier alpha value is -0.910. The summed E-state index contributed by atoms with van der Waals surface area (Å²) in [6, 6.07) is 0.516. The number of thioether (sulfide) groups is 1. The standard InChI is InChI=1S/C13H28.C10H17N3O2S/c1-5-6-7-8-9-10-11-13(4)12(2)3;11-8(14)4-2-1-3-7-9-6(5-16-7)12-10(15)13-9/h12-13H,5-11H2,1-4H3;6-7,9H,1-5H2,(H2,11,14)(H2,12,13,15)/t;6?,7-,9?/m.0/s1. The Morgan fingerprint density at radius 3 is 2.41 bits per heavy atom. The van der Waals surface area contributed by atoms with Crippen molar-refractivity contribution in [3.8, 4) is 0 Å². The van der Waals surface area contributed by atoms with Crippen molar-refractivity contribution < 1.29 is 9.59 Å². The number of primary amides is 1. The van der Waals surface area contributed by atoms with Gasteiger partial charge in [-0.1, -0.05) is 79.1 Å². The molecule has 0 radical (unpaired) electrons. The van der Waals surface area contributed by atoms with Crippen LogP contribution in [0.3, 0.4) is 0 Å². The molecule has 4 atom stereocenters. The number of carbonyl (C=O) groups is 2. The number of unbranched alkanes of at least 4 members (excludes halogenated alkanes) is 6. The minimum Gasteiger partial charge on any atom is -0.370 e. The van der Waals surface area contributed by atoms with Crippen molar-refractivity contribution in [2.75, 3.05) is 5.75 Å². The molecule has 5 nitrogen and oxygen atoms in total. The second-order valence-electron chi connectivity index (χ2n) is 9.11. The molecule has 0 aromatic rings. The summed E-state index contributed by atoms with van der Waals surface area (Å²) in [5, 5.41) is 6.35. The Bertz CT molecular complexity index is 473. The van der Waals surface area contributed by atoms with E-state index in [1.807, 2.05) is 11.8 Å². The molecule has 29 heavy (non-hydrogen) atoms. The highest BCUT2D eigenvalue weighted by atomic mass is 32.2. The molecule has 2 aliphatic heterocycles. The number of nitrogens with one attached hydrogen (secondary N) is 2. The minimum atomic E-state index is -0.229. The molecule has 0 saturated carbocycles. The highest BCUT2D eigenvalue weighted by Crippen LogP contribution is 2.33. The lowest BCUT2D eigenvalue weighted by Gasteiger charge is -2.16. The summed E-state index contributed by atoms with van der Waals surface area (Å²) in [6.45, 7) is 9.33. The van der Waals surface area contributed by atoms with Gasteiger partial charge in [-0.05, 0) is 24.7 Å². The number of fused-ring (bicyclic) bond motifs is 1. The third-order valence-corrected chi connectivity index (χ3v) is 7.76. The van der Waals surface area contributed by atoms with Crippen LogP contribution in [0.4, 0.5) is 4.79 Å². The van der Waals surface area contributed by atoms with Crippen LogP contribution in [0, 0.1) is 11.8 Å². The number of urea groups is 1. The molecule has 0 aromatic carbocycles. The van der Waals surface area contributed by atoms with E-state index in [1.165, 1.54) is 44.9 Å². The zero-order valence-electron chi connectivity index (χ0n) is 19.2. The second-order valence-corrected chi connectivity index (χ2v) is 10.4. The molecule has 2 saturated heterocycles. The highest BCUT2D eigenvalue weighted by Gasteiger charge is 2.42. The predicted molar refractivity (Wildman–Crippen MR) is 125 cm³/mol. The largest absolute Gasteiger partial charge is 0.370 e. The molecule has 3 amide bonds. The lowest BCUT2D eigenvalue weighted by Crippen LogP contribution is -2.36. The summed E-state index contributed by atoms with van der Waals surface area (Å²) in [5.41, 5.74) is 5.08. The molecule has 2 fully saturated rings. The predicted octanol–water partition coefficient (Wildman–Crippen LogP) is 5.23. The van der Waals surface area contributed by atoms with Gasteiger partial charge in [-0.15, -0.1) is 0 Å². The van der Waals surface area contributed by atoms with Gasteiger partial charge in [0.1, 0.15) is 0 Å². The fourth-order valence-corrected chi connectivity index (χ4v) is 5.41. The van der Waals surface area contributed by atoms with E-state index in [0.717, 1.165) is 36.9 Å². The van der Waals surface area contributed by atoms with E-state index in [1.54, 1.807) is 0 Å². The van der Waals surface area contributed by atoms with E-state index in [2.05, 4.69) is 38.3 Å². The first kappa shape index (κ1) is 26.1. The highest BCUT2D eigenvalue weighted by molar-refractivity contribution is 8.00. The quantitative estimate of drug-likeness (QED) is 0.278. The van der Waals surface area contributed by atoms with Crippen molar-refractivity contribution in [2.24, 2.45) is 17.6 Å². The molecule has 0 aromatic heterocycles. The van der Waals surface area contributed by atoms with Crippen LogP contribution in [0.1, 0.15) is 98.3 Å². The Kier molecular flexibility index (Phi) is 13.5. The van der Waals surface area contributed by atoms with Gasteiger partial charge in [-0.3, -0.25) is 4.79 Å². The summed E-state index contributed by atoms with van der Waals surface area (Å²) >= 11 is 1.90. The number of rotatable bonds is 13. The molecule has 0 spiro atoms. The number of carbonyl (C=O) groups excluding carboxylic acids is 2. The lowest BCUT2D eigenvalue weighted by atomic mass is 9.92. The Balaban J connectivity index is 0.000000298. The topological polar surface area (TPSA) is 84.2 Å². The molecule has 2 aliphatic rings. The fraction of sp³-hybridized carbons (Fsp3) is 0.913. The van der Waals surface area contributed by atoms with E-state index in [4.69, 9.17) is 5.73 Å². The van der Waals surface area contributed by atoms with Gasteiger partial charge in [0.05, 0.1) is 12.1 Å². The van der Waals surface area contributed by atoms with Gasteiger partial charge in [0.15, 0.2) is 0 Å².